The van der Waals surface area contributed by atoms with Gasteiger partial charge >= 0.3 is 0 Å². The molecule has 3 heteroatoms. The summed E-state index contributed by atoms with van der Waals surface area (Å²) in [5.74, 6) is 0. The number of hydrogen-bond acceptors (Lipinski definition) is 3. The molecule has 0 spiro atoms. The largest absolute Gasteiger partial charge is 0.464 e. The lowest BCUT2D eigenvalue weighted by Crippen LogP contribution is -1.79. The third-order valence-corrected chi connectivity index (χ3v) is 2.35. The van der Waals surface area contributed by atoms with Crippen LogP contribution >= 0.6 is 0 Å². The number of nitrogens with zero attached hydrogens (tertiary/aromatic N) is 2. The topological polar surface area (TPSA) is 38.9 Å². The molecule has 3 nitrogen and oxygen atoms in total. The lowest BCUT2D eigenvalue weighted by molar-refractivity contribution is 0.617. The third-order valence-electron chi connectivity index (χ3n) is 2.35. The molecule has 2 aromatic heterocycles. The van der Waals surface area contributed by atoms with Crippen LogP contribution in [0.2, 0.25) is 0 Å². The van der Waals surface area contributed by atoms with Crippen molar-refractivity contribution < 1.29 is 4.42 Å². The Morgan fingerprint density at radius 1 is 1.00 bits per heavy atom. The summed E-state index contributed by atoms with van der Waals surface area (Å²) < 4.78 is 5.45. The molecule has 1 aromatic carbocycles. The van der Waals surface area contributed by atoms with E-state index in [2.05, 4.69) is 9.97 Å². The molecule has 0 saturated heterocycles. The molecule has 0 unspecified atom stereocenters. The maximum atomic E-state index is 5.45. The van der Waals surface area contributed by atoms with Crippen LogP contribution < -0.4 is 0 Å². The van der Waals surface area contributed by atoms with Crippen molar-refractivity contribution in [3.8, 4) is 11.1 Å². The van der Waals surface area contributed by atoms with E-state index in [0.29, 0.717) is 0 Å². The predicted molar refractivity (Wildman–Crippen MR) is 57.2 cm³/mol. The first-order valence-electron chi connectivity index (χ1n) is 4.67. The second-order valence-electron chi connectivity index (χ2n) is 3.27. The van der Waals surface area contributed by atoms with E-state index in [1.807, 2.05) is 24.3 Å². The first-order valence-corrected chi connectivity index (χ1v) is 4.67. The van der Waals surface area contributed by atoms with Crippen molar-refractivity contribution in [2.75, 3.05) is 0 Å². The van der Waals surface area contributed by atoms with Gasteiger partial charge in [-0.05, 0) is 6.07 Å². The second kappa shape index (κ2) is 3.20. The van der Waals surface area contributed by atoms with E-state index in [9.17, 15) is 0 Å². The first-order chi connectivity index (χ1) is 7.45. The molecule has 0 N–H and O–H groups in total. The van der Waals surface area contributed by atoms with E-state index < -0.39 is 0 Å². The molecule has 0 aliphatic rings. The number of furan rings is 1. The summed E-state index contributed by atoms with van der Waals surface area (Å²) in [5, 5.41) is 1.09. The van der Waals surface area contributed by atoms with Crippen LogP contribution in [0.3, 0.4) is 0 Å². The maximum Gasteiger partial charge on any atom is 0.134 e. The Morgan fingerprint density at radius 3 is 2.67 bits per heavy atom. The molecular formula is C12H8N2O. The number of benzene rings is 1. The van der Waals surface area contributed by atoms with Crippen LogP contribution in [0, 0.1) is 0 Å². The Morgan fingerprint density at radius 2 is 1.80 bits per heavy atom. The van der Waals surface area contributed by atoms with Crippen LogP contribution in [-0.4, -0.2) is 9.97 Å². The van der Waals surface area contributed by atoms with Crippen molar-refractivity contribution >= 4 is 11.0 Å². The standard InChI is InChI=1S/C12H8N2O/c1-2-4-12-10(3-1)11(7-15-12)9-5-13-8-14-6-9/h1-8H. The van der Waals surface area contributed by atoms with Crippen molar-refractivity contribution in [3.05, 3.63) is 49.2 Å². The second-order valence-corrected chi connectivity index (χ2v) is 3.27. The molecule has 0 fully saturated rings. The highest BCUT2D eigenvalue weighted by atomic mass is 16.3. The van der Waals surface area contributed by atoms with Crippen molar-refractivity contribution in [2.45, 2.75) is 0 Å². The van der Waals surface area contributed by atoms with Gasteiger partial charge in [0.25, 0.3) is 0 Å². The summed E-state index contributed by atoms with van der Waals surface area (Å²) in [4.78, 5) is 7.99. The van der Waals surface area contributed by atoms with Gasteiger partial charge in [-0.15, -0.1) is 0 Å². The Hall–Kier alpha value is -2.16. The van der Waals surface area contributed by atoms with Crippen molar-refractivity contribution in [3.63, 3.8) is 0 Å². The minimum atomic E-state index is 0.886. The van der Waals surface area contributed by atoms with Crippen LogP contribution in [0.25, 0.3) is 22.1 Å². The van der Waals surface area contributed by atoms with Gasteiger partial charge in [-0.3, -0.25) is 0 Å². The molecule has 0 atom stereocenters. The lowest BCUT2D eigenvalue weighted by Gasteiger charge is -1.95. The highest BCUT2D eigenvalue weighted by Crippen LogP contribution is 2.29. The van der Waals surface area contributed by atoms with E-state index in [-0.39, 0.29) is 0 Å². The van der Waals surface area contributed by atoms with Crippen LogP contribution in [0.4, 0.5) is 0 Å². The Kier molecular flexibility index (Phi) is 1.75. The molecule has 15 heavy (non-hydrogen) atoms. The molecule has 2 heterocycles. The zero-order chi connectivity index (χ0) is 10.1. The van der Waals surface area contributed by atoms with Gasteiger partial charge in [-0.2, -0.15) is 0 Å². The van der Waals surface area contributed by atoms with Crippen LogP contribution in [0.5, 0.6) is 0 Å². The number of para-hydroxylation sites is 1. The fourth-order valence-electron chi connectivity index (χ4n) is 1.64. The van der Waals surface area contributed by atoms with E-state index in [0.717, 1.165) is 22.1 Å². The summed E-state index contributed by atoms with van der Waals surface area (Å²) >= 11 is 0. The molecule has 72 valence electrons. The lowest BCUT2D eigenvalue weighted by atomic mass is 10.1. The van der Waals surface area contributed by atoms with Gasteiger partial charge in [0.1, 0.15) is 11.9 Å². The van der Waals surface area contributed by atoms with Gasteiger partial charge in [0.15, 0.2) is 0 Å². The zero-order valence-corrected chi connectivity index (χ0v) is 7.92. The summed E-state index contributed by atoms with van der Waals surface area (Å²) in [6.07, 6.45) is 6.82. The quantitative estimate of drug-likeness (QED) is 0.600. The number of fused-ring (bicyclic) bond motifs is 1. The smallest absolute Gasteiger partial charge is 0.134 e. The highest BCUT2D eigenvalue weighted by molar-refractivity contribution is 5.93. The highest BCUT2D eigenvalue weighted by Gasteiger charge is 2.06. The average Bonchev–Trinajstić information content (AvgIpc) is 2.74. The number of hydrogen-bond donors (Lipinski definition) is 0. The Bertz CT molecular complexity index is 587. The number of aromatic nitrogens is 2. The summed E-state index contributed by atoms with van der Waals surface area (Å²) in [7, 11) is 0. The maximum absolute atomic E-state index is 5.45. The van der Waals surface area contributed by atoms with Gasteiger partial charge < -0.3 is 4.42 Å². The van der Waals surface area contributed by atoms with E-state index in [1.54, 1.807) is 18.7 Å². The minimum absolute atomic E-state index is 0.886. The van der Waals surface area contributed by atoms with Crippen molar-refractivity contribution in [1.29, 1.82) is 0 Å². The monoisotopic (exact) mass is 196 g/mol. The van der Waals surface area contributed by atoms with Gasteiger partial charge in [0.2, 0.25) is 0 Å². The van der Waals surface area contributed by atoms with Gasteiger partial charge in [-0.1, -0.05) is 18.2 Å². The predicted octanol–water partition coefficient (Wildman–Crippen LogP) is 2.89. The van der Waals surface area contributed by atoms with Gasteiger partial charge in [0, 0.05) is 28.9 Å². The normalized spacial score (nSPS) is 10.7. The Labute approximate surface area is 86.4 Å². The SMILES string of the molecule is c1ccc2c(-c3cncnc3)coc2c1. The molecule has 0 amide bonds. The van der Waals surface area contributed by atoms with E-state index in [1.165, 1.54) is 6.33 Å². The molecule has 3 aromatic rings. The van der Waals surface area contributed by atoms with Crippen LogP contribution in [-0.2, 0) is 0 Å². The molecular weight excluding hydrogens is 188 g/mol. The fourth-order valence-corrected chi connectivity index (χ4v) is 1.64. The zero-order valence-electron chi connectivity index (χ0n) is 7.92. The van der Waals surface area contributed by atoms with Crippen molar-refractivity contribution in [1.82, 2.24) is 9.97 Å². The summed E-state index contributed by atoms with van der Waals surface area (Å²) in [6.45, 7) is 0. The molecule has 0 bridgehead atoms. The summed E-state index contributed by atoms with van der Waals surface area (Å²) in [5.41, 5.74) is 2.89. The minimum Gasteiger partial charge on any atom is -0.464 e. The summed E-state index contributed by atoms with van der Waals surface area (Å²) in [6, 6.07) is 7.92. The van der Waals surface area contributed by atoms with Gasteiger partial charge in [0.05, 0.1) is 6.26 Å². The molecule has 0 saturated carbocycles. The van der Waals surface area contributed by atoms with Gasteiger partial charge in [-0.25, -0.2) is 9.97 Å². The molecule has 0 radical (unpaired) electrons. The first kappa shape index (κ1) is 8.17. The van der Waals surface area contributed by atoms with Crippen molar-refractivity contribution in [2.24, 2.45) is 0 Å². The molecule has 3 rings (SSSR count). The average molecular weight is 196 g/mol. The number of rotatable bonds is 1. The van der Waals surface area contributed by atoms with Crippen LogP contribution in [0.1, 0.15) is 0 Å². The van der Waals surface area contributed by atoms with Crippen LogP contribution in [0.15, 0.2) is 53.7 Å². The van der Waals surface area contributed by atoms with E-state index in [4.69, 9.17) is 4.42 Å². The Balaban J connectivity index is 2.28. The fraction of sp³-hybridized carbons (Fsp3) is 0. The molecule has 0 aliphatic carbocycles. The van der Waals surface area contributed by atoms with E-state index >= 15 is 0 Å². The third kappa shape index (κ3) is 1.29. The molecule has 0 aliphatic heterocycles.